The van der Waals surface area contributed by atoms with Gasteiger partial charge >= 0.3 is 5.97 Å². The van der Waals surface area contributed by atoms with Crippen LogP contribution in [0.3, 0.4) is 0 Å². The smallest absolute Gasteiger partial charge is 0.335 e. The number of piperidine rings is 1. The van der Waals surface area contributed by atoms with Crippen LogP contribution in [0.15, 0.2) is 52.0 Å². The maximum atomic E-state index is 12.6. The van der Waals surface area contributed by atoms with Crippen LogP contribution in [0.2, 0.25) is 0 Å². The van der Waals surface area contributed by atoms with Gasteiger partial charge < -0.3 is 9.52 Å². The molecular formula is C18H22N2O5S. The Morgan fingerprint density at radius 3 is 2.42 bits per heavy atom. The molecule has 1 aliphatic rings. The van der Waals surface area contributed by atoms with Crippen molar-refractivity contribution in [3.63, 3.8) is 0 Å². The Hall–Kier alpha value is -2.16. The van der Waals surface area contributed by atoms with E-state index >= 15 is 0 Å². The third kappa shape index (κ3) is 4.32. The molecule has 1 aromatic carbocycles. The number of sulfonamides is 1. The van der Waals surface area contributed by atoms with E-state index in [1.807, 2.05) is 6.07 Å². The molecule has 140 valence electrons. The first kappa shape index (κ1) is 18.6. The Morgan fingerprint density at radius 2 is 1.85 bits per heavy atom. The van der Waals surface area contributed by atoms with Crippen LogP contribution >= 0.6 is 0 Å². The van der Waals surface area contributed by atoms with E-state index in [1.165, 1.54) is 30.7 Å². The number of carbonyl (C=O) groups is 1. The van der Waals surface area contributed by atoms with Crippen molar-refractivity contribution in [2.45, 2.75) is 30.2 Å². The largest absolute Gasteiger partial charge is 0.478 e. The molecular weight excluding hydrogens is 356 g/mol. The predicted molar refractivity (Wildman–Crippen MR) is 95.5 cm³/mol. The number of hydrogen-bond acceptors (Lipinski definition) is 5. The number of rotatable bonds is 7. The molecule has 1 aromatic heterocycles. The van der Waals surface area contributed by atoms with Gasteiger partial charge in [0, 0.05) is 6.54 Å². The number of likely N-dealkylation sites (tertiary alicyclic amines) is 1. The van der Waals surface area contributed by atoms with Crippen LogP contribution in [0.4, 0.5) is 0 Å². The lowest BCUT2D eigenvalue weighted by Gasteiger charge is -2.33. The highest BCUT2D eigenvalue weighted by atomic mass is 32.2. The molecule has 7 nitrogen and oxygen atoms in total. The first-order valence-electron chi connectivity index (χ1n) is 8.58. The molecule has 2 heterocycles. The summed E-state index contributed by atoms with van der Waals surface area (Å²) >= 11 is 0. The first-order chi connectivity index (χ1) is 12.5. The Kier molecular flexibility index (Phi) is 5.75. The molecule has 2 aromatic rings. The summed E-state index contributed by atoms with van der Waals surface area (Å²) in [5.41, 5.74) is 0.0470. The number of nitrogens with zero attached hydrogens (tertiary/aromatic N) is 1. The lowest BCUT2D eigenvalue weighted by molar-refractivity contribution is 0.0696. The minimum atomic E-state index is -3.74. The van der Waals surface area contributed by atoms with E-state index < -0.39 is 16.0 Å². The van der Waals surface area contributed by atoms with Gasteiger partial charge in [0.1, 0.15) is 5.76 Å². The molecule has 1 fully saturated rings. The molecule has 0 spiro atoms. The van der Waals surface area contributed by atoms with Gasteiger partial charge in [-0.1, -0.05) is 6.42 Å². The molecule has 8 heteroatoms. The third-order valence-corrected chi connectivity index (χ3v) is 6.02. The second-order valence-corrected chi connectivity index (χ2v) is 8.08. The van der Waals surface area contributed by atoms with E-state index in [0.717, 1.165) is 31.7 Å². The maximum absolute atomic E-state index is 12.6. The SMILES string of the molecule is O=C(O)c1ccc(S(=O)(=O)NCC(c2ccco2)N2CCCCC2)cc1. The van der Waals surface area contributed by atoms with Crippen molar-refractivity contribution >= 4 is 16.0 Å². The quantitative estimate of drug-likeness (QED) is 0.768. The molecule has 1 atom stereocenters. The molecule has 0 bridgehead atoms. The molecule has 1 saturated heterocycles. The lowest BCUT2D eigenvalue weighted by atomic mass is 10.1. The average Bonchev–Trinajstić information content (AvgIpc) is 3.17. The number of aromatic carboxylic acids is 1. The van der Waals surface area contributed by atoms with Crippen molar-refractivity contribution in [2.75, 3.05) is 19.6 Å². The van der Waals surface area contributed by atoms with Crippen molar-refractivity contribution in [3.8, 4) is 0 Å². The number of nitrogens with one attached hydrogen (secondary N) is 1. The molecule has 2 N–H and O–H groups in total. The van der Waals surface area contributed by atoms with E-state index in [-0.39, 0.29) is 23.0 Å². The second-order valence-electron chi connectivity index (χ2n) is 6.31. The second kappa shape index (κ2) is 8.03. The summed E-state index contributed by atoms with van der Waals surface area (Å²) in [7, 11) is -3.74. The van der Waals surface area contributed by atoms with Crippen molar-refractivity contribution in [3.05, 3.63) is 54.0 Å². The van der Waals surface area contributed by atoms with Crippen molar-refractivity contribution in [2.24, 2.45) is 0 Å². The van der Waals surface area contributed by atoms with Crippen molar-refractivity contribution in [1.29, 1.82) is 0 Å². The minimum Gasteiger partial charge on any atom is -0.478 e. The van der Waals surface area contributed by atoms with Gasteiger partial charge in [0.05, 0.1) is 22.8 Å². The normalized spacial score (nSPS) is 17.1. The Balaban J connectivity index is 1.73. The number of carboxylic acids is 1. The van der Waals surface area contributed by atoms with E-state index in [4.69, 9.17) is 9.52 Å². The fourth-order valence-electron chi connectivity index (χ4n) is 3.17. The Morgan fingerprint density at radius 1 is 1.15 bits per heavy atom. The fraction of sp³-hybridized carbons (Fsp3) is 0.389. The molecule has 1 aliphatic heterocycles. The van der Waals surface area contributed by atoms with Gasteiger partial charge in [-0.2, -0.15) is 0 Å². The summed E-state index contributed by atoms with van der Waals surface area (Å²) < 4.78 is 33.3. The van der Waals surface area contributed by atoms with Crippen LogP contribution < -0.4 is 4.72 Å². The van der Waals surface area contributed by atoms with E-state index in [1.54, 1.807) is 12.3 Å². The zero-order chi connectivity index (χ0) is 18.6. The van der Waals surface area contributed by atoms with Gasteiger partial charge in [-0.15, -0.1) is 0 Å². The zero-order valence-corrected chi connectivity index (χ0v) is 15.1. The van der Waals surface area contributed by atoms with E-state index in [0.29, 0.717) is 0 Å². The number of carboxylic acid groups (broad SMARTS) is 1. The van der Waals surface area contributed by atoms with Gasteiger partial charge in [0.15, 0.2) is 0 Å². The number of benzene rings is 1. The van der Waals surface area contributed by atoms with Gasteiger partial charge in [-0.25, -0.2) is 17.9 Å². The Labute approximate surface area is 152 Å². The summed E-state index contributed by atoms with van der Waals surface area (Å²) in [6.45, 7) is 2.00. The van der Waals surface area contributed by atoms with Crippen molar-refractivity contribution in [1.82, 2.24) is 9.62 Å². The molecule has 0 saturated carbocycles. The standard InChI is InChI=1S/C18H22N2O5S/c21-18(22)14-6-8-15(9-7-14)26(23,24)19-13-16(17-5-4-12-25-17)20-10-2-1-3-11-20/h4-9,12,16,19H,1-3,10-11,13H2,(H,21,22). The van der Waals surface area contributed by atoms with E-state index in [9.17, 15) is 13.2 Å². The number of furan rings is 1. The summed E-state index contributed by atoms with van der Waals surface area (Å²) in [4.78, 5) is 13.2. The monoisotopic (exact) mass is 378 g/mol. The number of hydrogen-bond donors (Lipinski definition) is 2. The van der Waals surface area contributed by atoms with Gasteiger partial charge in [-0.05, 0) is 62.3 Å². The molecule has 1 unspecified atom stereocenters. The van der Waals surface area contributed by atoms with Crippen LogP contribution in [0, 0.1) is 0 Å². The highest BCUT2D eigenvalue weighted by Crippen LogP contribution is 2.25. The van der Waals surface area contributed by atoms with Crippen LogP contribution in [-0.4, -0.2) is 44.0 Å². The third-order valence-electron chi connectivity index (χ3n) is 4.58. The van der Waals surface area contributed by atoms with E-state index in [2.05, 4.69) is 9.62 Å². The average molecular weight is 378 g/mol. The van der Waals surface area contributed by atoms with Crippen LogP contribution in [0.5, 0.6) is 0 Å². The fourth-order valence-corrected chi connectivity index (χ4v) is 4.21. The summed E-state index contributed by atoms with van der Waals surface area (Å²) in [5, 5.41) is 8.92. The molecule has 0 aliphatic carbocycles. The summed E-state index contributed by atoms with van der Waals surface area (Å²) in [6, 6.07) is 8.65. The highest BCUT2D eigenvalue weighted by Gasteiger charge is 2.26. The topological polar surface area (TPSA) is 99.8 Å². The molecule has 3 rings (SSSR count). The van der Waals surface area contributed by atoms with Crippen molar-refractivity contribution < 1.29 is 22.7 Å². The van der Waals surface area contributed by atoms with Gasteiger partial charge in [-0.3, -0.25) is 4.90 Å². The van der Waals surface area contributed by atoms with Gasteiger partial charge in [0.2, 0.25) is 10.0 Å². The van der Waals surface area contributed by atoms with Crippen LogP contribution in [-0.2, 0) is 10.0 Å². The van der Waals surface area contributed by atoms with Crippen LogP contribution in [0.25, 0.3) is 0 Å². The summed E-state index contributed by atoms with van der Waals surface area (Å²) in [6.07, 6.45) is 4.94. The highest BCUT2D eigenvalue weighted by molar-refractivity contribution is 7.89. The minimum absolute atomic E-state index is 0.0411. The molecule has 0 amide bonds. The van der Waals surface area contributed by atoms with Gasteiger partial charge in [0.25, 0.3) is 0 Å². The zero-order valence-electron chi connectivity index (χ0n) is 14.3. The summed E-state index contributed by atoms with van der Waals surface area (Å²) in [5.74, 6) is -0.360. The Bertz CT molecular complexity index is 825. The molecule has 26 heavy (non-hydrogen) atoms. The lowest BCUT2D eigenvalue weighted by Crippen LogP contribution is -2.40. The maximum Gasteiger partial charge on any atom is 0.335 e. The first-order valence-corrected chi connectivity index (χ1v) is 10.1. The molecule has 0 radical (unpaired) electrons. The van der Waals surface area contributed by atoms with Crippen LogP contribution in [0.1, 0.15) is 41.4 Å². The predicted octanol–water partition coefficient (Wildman–Crippen LogP) is 2.48.